The highest BCUT2D eigenvalue weighted by atomic mass is 79.9. The third-order valence-electron chi connectivity index (χ3n) is 1.66. The number of alkyl halides is 2. The summed E-state index contributed by atoms with van der Waals surface area (Å²) in [5.41, 5.74) is 0.787. The molecule has 0 unspecified atom stereocenters. The average Bonchev–Trinajstić information content (AvgIpc) is 2.03. The predicted octanol–water partition coefficient (Wildman–Crippen LogP) is 3.15. The number of halogens is 3. The Morgan fingerprint density at radius 3 is 2.69 bits per heavy atom. The van der Waals surface area contributed by atoms with E-state index in [1.807, 2.05) is 18.2 Å². The molecule has 0 aliphatic carbocycles. The average molecular weight is 250 g/mol. The van der Waals surface area contributed by atoms with E-state index in [-0.39, 0.29) is 6.54 Å². The summed E-state index contributed by atoms with van der Waals surface area (Å²) in [5.74, 6) is 0. The number of hydrogen-bond donors (Lipinski definition) is 0. The van der Waals surface area contributed by atoms with Crippen LogP contribution < -0.4 is 4.90 Å². The van der Waals surface area contributed by atoms with Gasteiger partial charge in [-0.05, 0) is 18.2 Å². The fraction of sp³-hybridized carbons (Fsp3) is 0.333. The van der Waals surface area contributed by atoms with Crippen LogP contribution in [0.4, 0.5) is 14.5 Å². The van der Waals surface area contributed by atoms with Crippen molar-refractivity contribution in [2.75, 3.05) is 18.5 Å². The van der Waals surface area contributed by atoms with Gasteiger partial charge in [-0.2, -0.15) is 0 Å². The Balaban J connectivity index is 2.71. The minimum absolute atomic E-state index is 0.240. The Bertz CT molecular complexity index is 278. The minimum Gasteiger partial charge on any atom is -0.369 e. The molecular formula is C9H10BrF2N. The second kappa shape index (κ2) is 4.56. The first-order valence-electron chi connectivity index (χ1n) is 3.84. The first-order valence-corrected chi connectivity index (χ1v) is 4.64. The predicted molar refractivity (Wildman–Crippen MR) is 53.4 cm³/mol. The summed E-state index contributed by atoms with van der Waals surface area (Å²) in [6.45, 7) is -0.240. The number of nitrogens with zero attached hydrogens (tertiary/aromatic N) is 1. The summed E-state index contributed by atoms with van der Waals surface area (Å²) in [7, 11) is 1.65. The van der Waals surface area contributed by atoms with Gasteiger partial charge in [-0.25, -0.2) is 8.78 Å². The van der Waals surface area contributed by atoms with Crippen LogP contribution >= 0.6 is 15.9 Å². The highest BCUT2D eigenvalue weighted by Crippen LogP contribution is 2.19. The molecule has 0 amide bonds. The molecule has 0 atom stereocenters. The van der Waals surface area contributed by atoms with Gasteiger partial charge in [0.1, 0.15) is 0 Å². The van der Waals surface area contributed by atoms with Crippen LogP contribution in [0.1, 0.15) is 0 Å². The molecule has 0 heterocycles. The highest BCUT2D eigenvalue weighted by Gasteiger charge is 2.07. The first kappa shape index (κ1) is 10.4. The lowest BCUT2D eigenvalue weighted by Gasteiger charge is -2.18. The Hall–Kier alpha value is -0.640. The molecule has 0 saturated heterocycles. The number of benzene rings is 1. The summed E-state index contributed by atoms with van der Waals surface area (Å²) < 4.78 is 24.9. The lowest BCUT2D eigenvalue weighted by molar-refractivity contribution is 0.156. The van der Waals surface area contributed by atoms with Gasteiger partial charge in [0.15, 0.2) is 0 Å². The third kappa shape index (κ3) is 3.30. The van der Waals surface area contributed by atoms with E-state index < -0.39 is 6.43 Å². The lowest BCUT2D eigenvalue weighted by atomic mass is 10.3. The minimum atomic E-state index is -2.30. The van der Waals surface area contributed by atoms with Crippen LogP contribution in [-0.4, -0.2) is 20.0 Å². The van der Waals surface area contributed by atoms with E-state index >= 15 is 0 Å². The largest absolute Gasteiger partial charge is 0.369 e. The standard InChI is InChI=1S/C9H10BrF2N/c1-13(6-9(11)12)8-4-2-3-7(10)5-8/h2-5,9H,6H2,1H3. The van der Waals surface area contributed by atoms with Gasteiger partial charge in [-0.1, -0.05) is 22.0 Å². The number of rotatable bonds is 3. The van der Waals surface area contributed by atoms with Crippen molar-refractivity contribution >= 4 is 21.6 Å². The van der Waals surface area contributed by atoms with Crippen molar-refractivity contribution in [2.24, 2.45) is 0 Å². The van der Waals surface area contributed by atoms with Crippen molar-refractivity contribution in [3.05, 3.63) is 28.7 Å². The van der Waals surface area contributed by atoms with E-state index in [1.165, 1.54) is 4.90 Å². The highest BCUT2D eigenvalue weighted by molar-refractivity contribution is 9.10. The van der Waals surface area contributed by atoms with Crippen LogP contribution in [0.5, 0.6) is 0 Å². The van der Waals surface area contributed by atoms with E-state index in [0.717, 1.165) is 10.2 Å². The van der Waals surface area contributed by atoms with Crippen LogP contribution in [0, 0.1) is 0 Å². The molecule has 0 aromatic heterocycles. The van der Waals surface area contributed by atoms with Crippen LogP contribution in [0.25, 0.3) is 0 Å². The molecule has 0 N–H and O–H groups in total. The van der Waals surface area contributed by atoms with E-state index in [2.05, 4.69) is 15.9 Å². The zero-order chi connectivity index (χ0) is 9.84. The maximum atomic E-state index is 12.0. The fourth-order valence-corrected chi connectivity index (χ4v) is 1.41. The van der Waals surface area contributed by atoms with Gasteiger partial charge in [0.2, 0.25) is 0 Å². The molecule has 1 aromatic carbocycles. The van der Waals surface area contributed by atoms with E-state index in [1.54, 1.807) is 13.1 Å². The van der Waals surface area contributed by atoms with Crippen molar-refractivity contribution in [2.45, 2.75) is 6.43 Å². The first-order chi connectivity index (χ1) is 6.09. The summed E-state index contributed by atoms with van der Waals surface area (Å²) in [6, 6.07) is 7.29. The Labute approximate surface area is 84.5 Å². The second-order valence-electron chi connectivity index (χ2n) is 2.75. The van der Waals surface area contributed by atoms with E-state index in [9.17, 15) is 8.78 Å². The molecule has 0 aliphatic rings. The molecule has 1 aromatic rings. The molecule has 72 valence electrons. The van der Waals surface area contributed by atoms with Gasteiger partial charge in [-0.15, -0.1) is 0 Å². The summed E-state index contributed by atoms with van der Waals surface area (Å²) >= 11 is 3.28. The molecule has 1 nitrogen and oxygen atoms in total. The number of anilines is 1. The lowest BCUT2D eigenvalue weighted by Crippen LogP contribution is -2.23. The van der Waals surface area contributed by atoms with Crippen LogP contribution in [-0.2, 0) is 0 Å². The van der Waals surface area contributed by atoms with Gasteiger partial charge in [0, 0.05) is 17.2 Å². The van der Waals surface area contributed by atoms with Crippen molar-refractivity contribution in [3.63, 3.8) is 0 Å². The summed E-state index contributed by atoms with van der Waals surface area (Å²) in [5, 5.41) is 0. The molecule has 0 radical (unpaired) electrons. The molecular weight excluding hydrogens is 240 g/mol. The van der Waals surface area contributed by atoms with Crippen molar-refractivity contribution < 1.29 is 8.78 Å². The smallest absolute Gasteiger partial charge is 0.255 e. The molecule has 0 spiro atoms. The maximum absolute atomic E-state index is 12.0. The van der Waals surface area contributed by atoms with Gasteiger partial charge >= 0.3 is 0 Å². The van der Waals surface area contributed by atoms with E-state index in [4.69, 9.17) is 0 Å². The van der Waals surface area contributed by atoms with Crippen LogP contribution in [0.2, 0.25) is 0 Å². The van der Waals surface area contributed by atoms with Crippen molar-refractivity contribution in [3.8, 4) is 0 Å². The Kier molecular flexibility index (Phi) is 3.66. The molecule has 0 saturated carbocycles. The van der Waals surface area contributed by atoms with E-state index in [0.29, 0.717) is 0 Å². The summed E-state index contributed by atoms with van der Waals surface area (Å²) in [4.78, 5) is 1.52. The Morgan fingerprint density at radius 1 is 1.46 bits per heavy atom. The topological polar surface area (TPSA) is 3.24 Å². The third-order valence-corrected chi connectivity index (χ3v) is 2.15. The number of hydrogen-bond acceptors (Lipinski definition) is 1. The zero-order valence-electron chi connectivity index (χ0n) is 7.17. The van der Waals surface area contributed by atoms with Crippen LogP contribution in [0.15, 0.2) is 28.7 Å². The molecule has 0 aliphatic heterocycles. The van der Waals surface area contributed by atoms with Crippen molar-refractivity contribution in [1.29, 1.82) is 0 Å². The van der Waals surface area contributed by atoms with Gasteiger partial charge in [-0.3, -0.25) is 0 Å². The monoisotopic (exact) mass is 249 g/mol. The maximum Gasteiger partial charge on any atom is 0.255 e. The summed E-state index contributed by atoms with van der Waals surface area (Å²) in [6.07, 6.45) is -2.30. The molecule has 13 heavy (non-hydrogen) atoms. The molecule has 4 heteroatoms. The van der Waals surface area contributed by atoms with Crippen LogP contribution in [0.3, 0.4) is 0 Å². The molecule has 0 fully saturated rings. The molecule has 1 rings (SSSR count). The van der Waals surface area contributed by atoms with Gasteiger partial charge in [0.05, 0.1) is 6.54 Å². The van der Waals surface area contributed by atoms with Gasteiger partial charge < -0.3 is 4.90 Å². The fourth-order valence-electron chi connectivity index (χ4n) is 1.03. The molecule has 0 bridgehead atoms. The van der Waals surface area contributed by atoms with Crippen molar-refractivity contribution in [1.82, 2.24) is 0 Å². The van der Waals surface area contributed by atoms with Gasteiger partial charge in [0.25, 0.3) is 6.43 Å². The Morgan fingerprint density at radius 2 is 2.15 bits per heavy atom. The SMILES string of the molecule is CN(CC(F)F)c1cccc(Br)c1. The normalized spacial score (nSPS) is 10.5. The quantitative estimate of drug-likeness (QED) is 0.796. The zero-order valence-corrected chi connectivity index (χ0v) is 8.76. The second-order valence-corrected chi connectivity index (χ2v) is 3.67.